The molecule has 3 aromatic heterocycles. The molecule has 0 aliphatic heterocycles. The predicted octanol–water partition coefficient (Wildman–Crippen LogP) is 2.28. The molecule has 13 nitrogen and oxygen atoms in total. The van der Waals surface area contributed by atoms with Crippen LogP contribution in [0.3, 0.4) is 0 Å². The number of aromatic nitrogens is 6. The van der Waals surface area contributed by atoms with Crippen LogP contribution in [0.2, 0.25) is 0 Å². The van der Waals surface area contributed by atoms with Gasteiger partial charge in [-0.05, 0) is 47.1 Å². The van der Waals surface area contributed by atoms with Gasteiger partial charge in [0.05, 0.1) is 25.3 Å². The van der Waals surface area contributed by atoms with Crippen molar-refractivity contribution in [2.24, 2.45) is 4.99 Å². The maximum Gasteiger partial charge on any atom is 0.268 e. The fourth-order valence-corrected chi connectivity index (χ4v) is 3.61. The Morgan fingerprint density at radius 1 is 1.31 bits per heavy atom. The van der Waals surface area contributed by atoms with Gasteiger partial charge < -0.3 is 15.6 Å². The summed E-state index contributed by atoms with van der Waals surface area (Å²) in [6.07, 6.45) is 3.42. The maximum atomic E-state index is 12.0. The minimum Gasteiger partial charge on any atom is -0.363 e. The Morgan fingerprint density at radius 2 is 2.20 bits per heavy atom. The van der Waals surface area contributed by atoms with Crippen LogP contribution in [0.25, 0.3) is 0 Å². The number of aliphatic imine (C=N–C) groups is 1. The molecule has 4 rings (SSSR count). The lowest BCUT2D eigenvalue weighted by Gasteiger charge is -2.10. The summed E-state index contributed by atoms with van der Waals surface area (Å²) in [6.45, 7) is 3.01. The van der Waals surface area contributed by atoms with E-state index in [9.17, 15) is 10.0 Å². The molecule has 1 aromatic carbocycles. The van der Waals surface area contributed by atoms with E-state index in [4.69, 9.17) is 4.63 Å². The number of anilines is 1. The molecule has 0 aliphatic carbocycles. The number of H-pyrrole nitrogens is 1. The SMILES string of the molecule is C[C@H](N=C(NO)c1nonc1NCCn1cc(CNC(=O)c2ccc[nH]2)nn1)c1cccc(Br)c1. The quantitative estimate of drug-likeness (QED) is 0.114. The number of nitrogens with one attached hydrogen (secondary N) is 4. The van der Waals surface area contributed by atoms with Gasteiger partial charge in [0.1, 0.15) is 11.4 Å². The largest absolute Gasteiger partial charge is 0.363 e. The number of carbonyl (C=O) groups is 1. The Hall–Kier alpha value is -4.04. The zero-order chi connectivity index (χ0) is 24.6. The third-order valence-corrected chi connectivity index (χ3v) is 5.46. The Kier molecular flexibility index (Phi) is 7.84. The van der Waals surface area contributed by atoms with Crippen molar-refractivity contribution in [3.8, 4) is 0 Å². The van der Waals surface area contributed by atoms with Crippen LogP contribution < -0.4 is 16.1 Å². The van der Waals surface area contributed by atoms with Gasteiger partial charge in [0.25, 0.3) is 5.91 Å². The summed E-state index contributed by atoms with van der Waals surface area (Å²) in [5.74, 6) is 0.203. The highest BCUT2D eigenvalue weighted by Crippen LogP contribution is 2.22. The van der Waals surface area contributed by atoms with Gasteiger partial charge in [-0.1, -0.05) is 33.3 Å². The molecule has 0 bridgehead atoms. The molecule has 14 heteroatoms. The number of benzene rings is 1. The summed E-state index contributed by atoms with van der Waals surface area (Å²) in [4.78, 5) is 19.3. The first-order valence-corrected chi connectivity index (χ1v) is 11.4. The van der Waals surface area contributed by atoms with Crippen LogP contribution in [0.4, 0.5) is 5.82 Å². The maximum absolute atomic E-state index is 12.0. The second-order valence-electron chi connectivity index (χ2n) is 7.45. The van der Waals surface area contributed by atoms with Crippen LogP contribution in [0.5, 0.6) is 0 Å². The molecule has 5 N–H and O–H groups in total. The van der Waals surface area contributed by atoms with Crippen molar-refractivity contribution in [3.63, 3.8) is 0 Å². The van der Waals surface area contributed by atoms with Crippen LogP contribution in [0.1, 0.15) is 40.4 Å². The molecule has 0 spiro atoms. The van der Waals surface area contributed by atoms with Crippen LogP contribution >= 0.6 is 15.9 Å². The highest BCUT2D eigenvalue weighted by Gasteiger charge is 2.18. The van der Waals surface area contributed by atoms with Gasteiger partial charge in [-0.15, -0.1) is 5.10 Å². The molecule has 0 saturated heterocycles. The van der Waals surface area contributed by atoms with Gasteiger partial charge in [0.2, 0.25) is 5.82 Å². The molecular formula is C21H23BrN10O3. The summed E-state index contributed by atoms with van der Waals surface area (Å²) in [5, 5.41) is 31.3. The lowest BCUT2D eigenvalue weighted by molar-refractivity contribution is 0.0946. The van der Waals surface area contributed by atoms with E-state index in [-0.39, 0.29) is 30.0 Å². The second-order valence-corrected chi connectivity index (χ2v) is 8.36. The summed E-state index contributed by atoms with van der Waals surface area (Å²) in [6, 6.07) is 10.9. The number of halogens is 1. The van der Waals surface area contributed by atoms with Crippen molar-refractivity contribution in [1.82, 2.24) is 41.1 Å². The molecule has 0 fully saturated rings. The minimum absolute atomic E-state index is 0.113. The molecular weight excluding hydrogens is 520 g/mol. The second kappa shape index (κ2) is 11.4. The molecule has 4 aromatic rings. The van der Waals surface area contributed by atoms with Crippen molar-refractivity contribution in [1.29, 1.82) is 0 Å². The van der Waals surface area contributed by atoms with Crippen LogP contribution in [0, 0.1) is 0 Å². The van der Waals surface area contributed by atoms with Gasteiger partial charge in [0, 0.05) is 17.2 Å². The number of nitrogens with zero attached hydrogens (tertiary/aromatic N) is 6. The van der Waals surface area contributed by atoms with Crippen LogP contribution in [-0.4, -0.2) is 53.8 Å². The molecule has 0 aliphatic rings. The van der Waals surface area contributed by atoms with Gasteiger partial charge >= 0.3 is 0 Å². The minimum atomic E-state index is -0.266. The lowest BCUT2D eigenvalue weighted by atomic mass is 10.1. The van der Waals surface area contributed by atoms with Crippen LogP contribution in [0.15, 0.2) is 62.9 Å². The highest BCUT2D eigenvalue weighted by atomic mass is 79.9. The van der Waals surface area contributed by atoms with Crippen molar-refractivity contribution < 1.29 is 14.6 Å². The smallest absolute Gasteiger partial charge is 0.268 e. The van der Waals surface area contributed by atoms with Crippen molar-refractivity contribution in [3.05, 3.63) is 75.9 Å². The Balaban J connectivity index is 1.32. The summed E-state index contributed by atoms with van der Waals surface area (Å²) in [7, 11) is 0. The summed E-state index contributed by atoms with van der Waals surface area (Å²) < 4.78 is 7.41. The Labute approximate surface area is 208 Å². The summed E-state index contributed by atoms with van der Waals surface area (Å²) in [5.41, 5.74) is 4.36. The molecule has 0 saturated carbocycles. The van der Waals surface area contributed by atoms with Gasteiger partial charge in [-0.25, -0.2) is 4.63 Å². The zero-order valence-corrected chi connectivity index (χ0v) is 20.2. The highest BCUT2D eigenvalue weighted by molar-refractivity contribution is 9.10. The fourth-order valence-electron chi connectivity index (χ4n) is 3.19. The van der Waals surface area contributed by atoms with E-state index in [1.165, 1.54) is 0 Å². The first-order chi connectivity index (χ1) is 17.0. The van der Waals surface area contributed by atoms with E-state index < -0.39 is 0 Å². The molecule has 1 amide bonds. The van der Waals surface area contributed by atoms with E-state index in [1.54, 1.807) is 29.2 Å². The topological polar surface area (TPSA) is 171 Å². The average molecular weight is 543 g/mol. The lowest BCUT2D eigenvalue weighted by Crippen LogP contribution is -2.23. The van der Waals surface area contributed by atoms with Crippen LogP contribution in [-0.2, 0) is 13.1 Å². The number of amidine groups is 1. The van der Waals surface area contributed by atoms with Crippen molar-refractivity contribution in [2.45, 2.75) is 26.1 Å². The van der Waals surface area contributed by atoms with Gasteiger partial charge in [-0.3, -0.25) is 25.2 Å². The zero-order valence-electron chi connectivity index (χ0n) is 18.6. The first-order valence-electron chi connectivity index (χ1n) is 10.6. The number of rotatable bonds is 10. The number of carbonyl (C=O) groups excluding carboxylic acids is 1. The van der Waals surface area contributed by atoms with E-state index in [0.29, 0.717) is 30.3 Å². The van der Waals surface area contributed by atoms with Gasteiger partial charge in [-0.2, -0.15) is 0 Å². The van der Waals surface area contributed by atoms with E-state index in [2.05, 4.69) is 62.6 Å². The number of hydrogen-bond donors (Lipinski definition) is 5. The fraction of sp³-hybridized carbons (Fsp3) is 0.238. The van der Waals surface area contributed by atoms with Crippen molar-refractivity contribution in [2.75, 3.05) is 11.9 Å². The number of amides is 1. The monoisotopic (exact) mass is 542 g/mol. The van der Waals surface area contributed by atoms with E-state index in [1.807, 2.05) is 31.2 Å². The third kappa shape index (κ3) is 6.30. The Bertz CT molecular complexity index is 1280. The normalized spacial score (nSPS) is 12.4. The summed E-state index contributed by atoms with van der Waals surface area (Å²) >= 11 is 3.44. The molecule has 0 unspecified atom stereocenters. The number of hydrogen-bond acceptors (Lipinski definition) is 9. The van der Waals surface area contributed by atoms with E-state index in [0.717, 1.165) is 10.0 Å². The molecule has 1 atom stereocenters. The molecule has 35 heavy (non-hydrogen) atoms. The standard InChI is InChI=1S/C21H23BrN10O3/c1-13(14-4-2-5-15(22)10-14)26-20(28-34)18-19(30-35-29-18)24-8-9-32-12-16(27-31-32)11-25-21(33)17-6-3-7-23-17/h2-7,10,12-13,23,34H,8-9,11H2,1H3,(H,24,30)(H,25,33)(H,26,28)/t13-/m0/s1. The average Bonchev–Trinajstić information content (AvgIpc) is 3.63. The Morgan fingerprint density at radius 3 is 2.97 bits per heavy atom. The molecule has 182 valence electrons. The van der Waals surface area contributed by atoms with Crippen molar-refractivity contribution >= 4 is 33.5 Å². The van der Waals surface area contributed by atoms with Gasteiger partial charge in [0.15, 0.2) is 11.5 Å². The number of aromatic amines is 1. The van der Waals surface area contributed by atoms with E-state index >= 15 is 0 Å². The third-order valence-electron chi connectivity index (χ3n) is 4.96. The first kappa shape index (κ1) is 24.1. The molecule has 3 heterocycles. The molecule has 0 radical (unpaired) electrons. The predicted molar refractivity (Wildman–Crippen MR) is 129 cm³/mol. The number of hydroxylamine groups is 1.